The van der Waals surface area contributed by atoms with Gasteiger partial charge in [0.05, 0.1) is 12.7 Å². The van der Waals surface area contributed by atoms with Crippen LogP contribution in [0.25, 0.3) is 10.8 Å². The average molecular weight is 339 g/mol. The van der Waals surface area contributed by atoms with Crippen molar-refractivity contribution in [2.75, 3.05) is 7.11 Å². The first-order chi connectivity index (χ1) is 11.9. The number of carbonyl (C=O) groups excluding carboxylic acids is 1. The molecule has 0 fully saturated rings. The highest BCUT2D eigenvalue weighted by Crippen LogP contribution is 2.24. The quantitative estimate of drug-likeness (QED) is 0.679. The van der Waals surface area contributed by atoms with Crippen molar-refractivity contribution in [1.82, 2.24) is 0 Å². The van der Waals surface area contributed by atoms with Crippen LogP contribution < -0.4 is 10.5 Å². The topological polar surface area (TPSA) is 110 Å². The molecule has 0 radical (unpaired) electrons. The van der Waals surface area contributed by atoms with Crippen LogP contribution >= 0.6 is 0 Å². The van der Waals surface area contributed by atoms with Gasteiger partial charge in [-0.15, -0.1) is 0 Å². The van der Waals surface area contributed by atoms with Crippen LogP contribution in [0.1, 0.15) is 20.7 Å². The van der Waals surface area contributed by atoms with Crippen LogP contribution in [-0.4, -0.2) is 29.2 Å². The summed E-state index contributed by atoms with van der Waals surface area (Å²) in [6.07, 6.45) is 0. The Bertz CT molecular complexity index is 921. The molecule has 3 aromatic rings. The lowest BCUT2D eigenvalue weighted by molar-refractivity contribution is 0.0693. The molecule has 6 nitrogen and oxygen atoms in total. The molecule has 0 aliphatic heterocycles. The van der Waals surface area contributed by atoms with E-state index in [0.717, 1.165) is 10.8 Å². The molecule has 0 aromatic heterocycles. The van der Waals surface area contributed by atoms with Crippen LogP contribution in [0.2, 0.25) is 0 Å². The number of aromatic hydroxyl groups is 1. The van der Waals surface area contributed by atoms with E-state index < -0.39 is 11.9 Å². The van der Waals surface area contributed by atoms with E-state index in [1.807, 2.05) is 18.2 Å². The fourth-order valence-corrected chi connectivity index (χ4v) is 2.25. The molecule has 0 spiro atoms. The number of methoxy groups -OCH3 is 1. The van der Waals surface area contributed by atoms with Crippen molar-refractivity contribution in [2.45, 2.75) is 0 Å². The monoisotopic (exact) mass is 339 g/mol. The van der Waals surface area contributed by atoms with Gasteiger partial charge in [-0.25, -0.2) is 4.79 Å². The molecular weight excluding hydrogens is 322 g/mol. The van der Waals surface area contributed by atoms with E-state index in [2.05, 4.69) is 0 Å². The molecule has 3 rings (SSSR count). The van der Waals surface area contributed by atoms with E-state index in [0.29, 0.717) is 11.3 Å². The summed E-state index contributed by atoms with van der Waals surface area (Å²) < 4.78 is 4.91. The number of fused-ring (bicyclic) bond motifs is 1. The zero-order chi connectivity index (χ0) is 18.4. The molecule has 25 heavy (non-hydrogen) atoms. The van der Waals surface area contributed by atoms with E-state index in [4.69, 9.17) is 15.6 Å². The summed E-state index contributed by atoms with van der Waals surface area (Å²) in [6, 6.07) is 17.1. The van der Waals surface area contributed by atoms with Gasteiger partial charge in [0.15, 0.2) is 0 Å². The summed E-state index contributed by atoms with van der Waals surface area (Å²) in [5.41, 5.74) is 5.42. The fourth-order valence-electron chi connectivity index (χ4n) is 2.25. The highest BCUT2D eigenvalue weighted by atomic mass is 16.5. The van der Waals surface area contributed by atoms with Gasteiger partial charge >= 0.3 is 5.97 Å². The lowest BCUT2D eigenvalue weighted by Gasteiger charge is -2.02. The molecule has 128 valence electrons. The second-order valence-electron chi connectivity index (χ2n) is 5.09. The molecule has 1 amide bonds. The van der Waals surface area contributed by atoms with Crippen molar-refractivity contribution in [1.29, 1.82) is 0 Å². The van der Waals surface area contributed by atoms with E-state index in [1.165, 1.54) is 19.2 Å². The van der Waals surface area contributed by atoms with Gasteiger partial charge in [0.1, 0.15) is 17.1 Å². The molecule has 0 heterocycles. The Hall–Kier alpha value is -3.54. The number of carboxylic acid groups (broad SMARTS) is 1. The molecule has 0 saturated heterocycles. The summed E-state index contributed by atoms with van der Waals surface area (Å²) >= 11 is 0. The summed E-state index contributed by atoms with van der Waals surface area (Å²) in [5, 5.41) is 19.8. The zero-order valence-electron chi connectivity index (χ0n) is 13.5. The second-order valence-corrected chi connectivity index (χ2v) is 5.09. The Balaban J connectivity index is 0.000000186. The Kier molecular flexibility index (Phi) is 5.58. The lowest BCUT2D eigenvalue weighted by atomic mass is 10.1. The first-order valence-electron chi connectivity index (χ1n) is 7.32. The fraction of sp³-hybridized carbons (Fsp3) is 0.0526. The normalized spacial score (nSPS) is 9.80. The molecule has 0 atom stereocenters. The Morgan fingerprint density at radius 3 is 2.00 bits per heavy atom. The van der Waals surface area contributed by atoms with Gasteiger partial charge in [-0.1, -0.05) is 36.4 Å². The van der Waals surface area contributed by atoms with Crippen LogP contribution in [0.15, 0.2) is 60.7 Å². The third-order valence-corrected chi connectivity index (χ3v) is 3.47. The minimum absolute atomic E-state index is 0.0660. The molecule has 4 N–H and O–H groups in total. The third kappa shape index (κ3) is 4.26. The molecular formula is C19H17NO5. The van der Waals surface area contributed by atoms with Crippen molar-refractivity contribution in [2.24, 2.45) is 5.73 Å². The summed E-state index contributed by atoms with van der Waals surface area (Å²) in [6.45, 7) is 0. The molecule has 0 aliphatic rings. The standard InChI is InChI=1S/C11H8O3.C8H9NO2/c12-10-6-8-4-2-1-3-7(8)5-9(10)11(13)14;1-11-7-5-3-2-4-6(7)8(9)10/h1-6,12H,(H,13,14);2-5H,1H3,(H2,9,10). The van der Waals surface area contributed by atoms with E-state index in [-0.39, 0.29) is 11.3 Å². The van der Waals surface area contributed by atoms with Crippen LogP contribution in [0.3, 0.4) is 0 Å². The van der Waals surface area contributed by atoms with Crippen molar-refractivity contribution in [3.63, 3.8) is 0 Å². The third-order valence-electron chi connectivity index (χ3n) is 3.47. The van der Waals surface area contributed by atoms with E-state index in [9.17, 15) is 14.7 Å². The molecule has 0 saturated carbocycles. The number of aromatic carboxylic acids is 1. The molecule has 0 unspecified atom stereocenters. The maximum atomic E-state index is 10.7. The number of rotatable bonds is 3. The largest absolute Gasteiger partial charge is 0.507 e. The minimum Gasteiger partial charge on any atom is -0.507 e. The summed E-state index contributed by atoms with van der Waals surface area (Å²) in [7, 11) is 1.50. The van der Waals surface area contributed by atoms with Crippen LogP contribution in [0, 0.1) is 0 Å². The Labute approximate surface area is 144 Å². The predicted octanol–water partition coefficient (Wildman–Crippen LogP) is 3.04. The van der Waals surface area contributed by atoms with E-state index >= 15 is 0 Å². The van der Waals surface area contributed by atoms with Gasteiger partial charge < -0.3 is 20.7 Å². The number of benzene rings is 3. The molecule has 0 bridgehead atoms. The van der Waals surface area contributed by atoms with Gasteiger partial charge in [0.25, 0.3) is 5.91 Å². The second kappa shape index (κ2) is 7.83. The number of amides is 1. The Morgan fingerprint density at radius 2 is 1.48 bits per heavy atom. The molecule has 3 aromatic carbocycles. The van der Waals surface area contributed by atoms with Crippen molar-refractivity contribution < 1.29 is 24.5 Å². The maximum absolute atomic E-state index is 10.7. The highest BCUT2D eigenvalue weighted by Gasteiger charge is 2.10. The van der Waals surface area contributed by atoms with Crippen molar-refractivity contribution in [3.8, 4) is 11.5 Å². The number of primary amides is 1. The van der Waals surface area contributed by atoms with Crippen molar-refractivity contribution in [3.05, 3.63) is 71.8 Å². The SMILES string of the molecule is COc1ccccc1C(N)=O.O=C(O)c1cc2ccccc2cc1O. The predicted molar refractivity (Wildman–Crippen MR) is 94.1 cm³/mol. The summed E-state index contributed by atoms with van der Waals surface area (Å²) in [5.74, 6) is -1.27. The summed E-state index contributed by atoms with van der Waals surface area (Å²) in [4.78, 5) is 21.4. The smallest absolute Gasteiger partial charge is 0.339 e. The molecule has 0 aliphatic carbocycles. The average Bonchev–Trinajstić information content (AvgIpc) is 2.61. The number of nitrogens with two attached hydrogens (primary N) is 1. The number of carbonyl (C=O) groups is 2. The number of hydrogen-bond donors (Lipinski definition) is 3. The highest BCUT2D eigenvalue weighted by molar-refractivity contribution is 5.97. The van der Waals surface area contributed by atoms with Gasteiger partial charge in [0.2, 0.25) is 0 Å². The molecule has 6 heteroatoms. The first-order valence-corrected chi connectivity index (χ1v) is 7.32. The number of hydrogen-bond acceptors (Lipinski definition) is 4. The van der Waals surface area contributed by atoms with E-state index in [1.54, 1.807) is 30.3 Å². The number of phenols is 1. The van der Waals surface area contributed by atoms with Gasteiger partial charge in [-0.05, 0) is 35.0 Å². The van der Waals surface area contributed by atoms with Crippen molar-refractivity contribution >= 4 is 22.6 Å². The van der Waals surface area contributed by atoms with Crippen LogP contribution in [0.5, 0.6) is 11.5 Å². The maximum Gasteiger partial charge on any atom is 0.339 e. The first kappa shape index (κ1) is 17.8. The Morgan fingerprint density at radius 1 is 0.920 bits per heavy atom. The number of carboxylic acids is 1. The van der Waals surface area contributed by atoms with Gasteiger partial charge in [-0.3, -0.25) is 4.79 Å². The van der Waals surface area contributed by atoms with Crippen LogP contribution in [-0.2, 0) is 0 Å². The zero-order valence-corrected chi connectivity index (χ0v) is 13.5. The number of ether oxygens (including phenoxy) is 1. The van der Waals surface area contributed by atoms with Gasteiger partial charge in [-0.2, -0.15) is 0 Å². The lowest BCUT2D eigenvalue weighted by Crippen LogP contribution is -2.11. The van der Waals surface area contributed by atoms with Crippen LogP contribution in [0.4, 0.5) is 0 Å². The number of para-hydroxylation sites is 1. The minimum atomic E-state index is -1.12. The van der Waals surface area contributed by atoms with Gasteiger partial charge in [0, 0.05) is 0 Å².